The molecular formula is C19H25ClN4O3. The minimum Gasteiger partial charge on any atom is -0.341 e. The standard InChI is InChI=1S/C19H24N4O3.ClH/c1-18(11-20)8-9-22(12-18)15(24)10-23-16(25)19(21-17(23)26)7-6-13-4-2-3-5-14(13)19;/h2-5H,6-12,20H2,1H3,(H,21,26);1H. The number of amides is 4. The lowest BCUT2D eigenvalue weighted by atomic mass is 9.90. The molecule has 0 saturated carbocycles. The lowest BCUT2D eigenvalue weighted by Gasteiger charge is -2.24. The van der Waals surface area contributed by atoms with Gasteiger partial charge in [-0.15, -0.1) is 12.4 Å². The molecule has 2 fully saturated rings. The lowest BCUT2D eigenvalue weighted by molar-refractivity contribution is -0.138. The van der Waals surface area contributed by atoms with Crippen LogP contribution >= 0.6 is 12.4 Å². The Balaban J connectivity index is 0.00000210. The first-order valence-corrected chi connectivity index (χ1v) is 9.09. The first-order valence-electron chi connectivity index (χ1n) is 9.09. The zero-order chi connectivity index (χ0) is 18.5. The van der Waals surface area contributed by atoms with E-state index >= 15 is 0 Å². The summed E-state index contributed by atoms with van der Waals surface area (Å²) in [5.74, 6) is -0.518. The second-order valence-electron chi connectivity index (χ2n) is 7.96. The van der Waals surface area contributed by atoms with E-state index in [4.69, 9.17) is 5.73 Å². The number of halogens is 1. The zero-order valence-corrected chi connectivity index (χ0v) is 16.2. The van der Waals surface area contributed by atoms with Crippen molar-refractivity contribution in [2.45, 2.75) is 31.7 Å². The molecule has 0 bridgehead atoms. The molecule has 1 aromatic rings. The monoisotopic (exact) mass is 392 g/mol. The second-order valence-corrected chi connectivity index (χ2v) is 7.96. The van der Waals surface area contributed by atoms with Crippen molar-refractivity contribution in [1.82, 2.24) is 15.1 Å². The van der Waals surface area contributed by atoms with Crippen LogP contribution in [0.25, 0.3) is 0 Å². The van der Waals surface area contributed by atoms with E-state index in [-0.39, 0.29) is 36.2 Å². The molecule has 3 N–H and O–H groups in total. The van der Waals surface area contributed by atoms with Crippen LogP contribution in [0.15, 0.2) is 24.3 Å². The van der Waals surface area contributed by atoms with Gasteiger partial charge in [0.2, 0.25) is 5.91 Å². The van der Waals surface area contributed by atoms with Crippen LogP contribution in [0.1, 0.15) is 30.9 Å². The smallest absolute Gasteiger partial charge is 0.325 e. The van der Waals surface area contributed by atoms with E-state index in [0.717, 1.165) is 28.9 Å². The van der Waals surface area contributed by atoms with Gasteiger partial charge in [-0.1, -0.05) is 31.2 Å². The van der Waals surface area contributed by atoms with Gasteiger partial charge < -0.3 is 16.0 Å². The number of imide groups is 1. The molecule has 1 aliphatic carbocycles. The van der Waals surface area contributed by atoms with Gasteiger partial charge in [-0.2, -0.15) is 0 Å². The van der Waals surface area contributed by atoms with E-state index < -0.39 is 11.6 Å². The fourth-order valence-corrected chi connectivity index (χ4v) is 4.37. The third-order valence-electron chi connectivity index (χ3n) is 6.12. The second kappa shape index (κ2) is 6.80. The average Bonchev–Trinajstić information content (AvgIpc) is 3.28. The quantitative estimate of drug-likeness (QED) is 0.750. The number of hydrogen-bond donors (Lipinski definition) is 2. The SMILES string of the molecule is CC1(CN)CCN(C(=O)CN2C(=O)NC3(CCc4ccccc43)C2=O)C1.Cl. The van der Waals surface area contributed by atoms with Gasteiger partial charge in [0.25, 0.3) is 5.91 Å². The number of nitrogens with one attached hydrogen (secondary N) is 1. The highest BCUT2D eigenvalue weighted by Crippen LogP contribution is 2.41. The molecule has 0 aromatic heterocycles. The number of benzene rings is 1. The Bertz CT molecular complexity index is 801. The molecule has 4 amide bonds. The van der Waals surface area contributed by atoms with E-state index in [2.05, 4.69) is 12.2 Å². The topological polar surface area (TPSA) is 95.7 Å². The molecule has 8 heteroatoms. The van der Waals surface area contributed by atoms with Crippen molar-refractivity contribution in [2.75, 3.05) is 26.2 Å². The first kappa shape index (κ1) is 19.6. The van der Waals surface area contributed by atoms with Gasteiger partial charge in [0.1, 0.15) is 12.1 Å². The van der Waals surface area contributed by atoms with E-state index in [1.165, 1.54) is 0 Å². The molecule has 3 aliphatic rings. The van der Waals surface area contributed by atoms with Crippen molar-refractivity contribution in [3.05, 3.63) is 35.4 Å². The van der Waals surface area contributed by atoms with E-state index in [1.807, 2.05) is 24.3 Å². The maximum Gasteiger partial charge on any atom is 0.325 e. The Morgan fingerprint density at radius 3 is 2.70 bits per heavy atom. The molecule has 7 nitrogen and oxygen atoms in total. The summed E-state index contributed by atoms with van der Waals surface area (Å²) in [7, 11) is 0. The molecule has 1 spiro atoms. The minimum absolute atomic E-state index is 0. The Morgan fingerprint density at radius 1 is 1.26 bits per heavy atom. The van der Waals surface area contributed by atoms with Gasteiger partial charge in [0.05, 0.1) is 0 Å². The van der Waals surface area contributed by atoms with Crippen LogP contribution in [0, 0.1) is 5.41 Å². The maximum atomic E-state index is 13.1. The largest absolute Gasteiger partial charge is 0.341 e. The normalized spacial score (nSPS) is 29.1. The molecule has 146 valence electrons. The van der Waals surface area contributed by atoms with Crippen molar-refractivity contribution in [3.8, 4) is 0 Å². The Kier molecular flexibility index (Phi) is 4.94. The van der Waals surface area contributed by atoms with Crippen LogP contribution in [0.3, 0.4) is 0 Å². The summed E-state index contributed by atoms with van der Waals surface area (Å²) in [5.41, 5.74) is 6.63. The fraction of sp³-hybridized carbons (Fsp3) is 0.526. The van der Waals surface area contributed by atoms with E-state index in [9.17, 15) is 14.4 Å². The fourth-order valence-electron chi connectivity index (χ4n) is 4.37. The summed E-state index contributed by atoms with van der Waals surface area (Å²) < 4.78 is 0. The molecule has 2 unspecified atom stereocenters. The molecule has 27 heavy (non-hydrogen) atoms. The van der Waals surface area contributed by atoms with Gasteiger partial charge >= 0.3 is 6.03 Å². The lowest BCUT2D eigenvalue weighted by Crippen LogP contribution is -2.45. The van der Waals surface area contributed by atoms with Gasteiger partial charge in [-0.05, 0) is 42.3 Å². The molecular weight excluding hydrogens is 368 g/mol. The molecule has 1 aromatic carbocycles. The highest BCUT2D eigenvalue weighted by atomic mass is 35.5. The minimum atomic E-state index is -1.01. The number of aryl methyl sites for hydroxylation is 1. The van der Waals surface area contributed by atoms with Crippen LogP contribution in [-0.2, 0) is 21.5 Å². The van der Waals surface area contributed by atoms with Crippen LogP contribution < -0.4 is 11.1 Å². The summed E-state index contributed by atoms with van der Waals surface area (Å²) in [4.78, 5) is 41.0. The summed E-state index contributed by atoms with van der Waals surface area (Å²) in [5, 5.41) is 2.86. The molecule has 2 atom stereocenters. The van der Waals surface area contributed by atoms with Gasteiger partial charge in [-0.3, -0.25) is 14.5 Å². The van der Waals surface area contributed by atoms with Crippen molar-refractivity contribution >= 4 is 30.3 Å². The molecule has 2 saturated heterocycles. The maximum absolute atomic E-state index is 13.1. The van der Waals surface area contributed by atoms with Crippen LogP contribution in [0.2, 0.25) is 0 Å². The van der Waals surface area contributed by atoms with Gasteiger partial charge in [0.15, 0.2) is 0 Å². The number of likely N-dealkylation sites (tertiary alicyclic amines) is 1. The summed E-state index contributed by atoms with van der Waals surface area (Å²) in [6.07, 6.45) is 2.12. The third kappa shape index (κ3) is 2.99. The van der Waals surface area contributed by atoms with Crippen molar-refractivity contribution in [3.63, 3.8) is 0 Å². The number of nitrogens with two attached hydrogens (primary N) is 1. The van der Waals surface area contributed by atoms with Gasteiger partial charge in [-0.25, -0.2) is 4.79 Å². The van der Waals surface area contributed by atoms with Crippen molar-refractivity contribution in [2.24, 2.45) is 11.1 Å². The number of carbonyl (C=O) groups is 3. The Hall–Kier alpha value is -2.12. The summed E-state index contributed by atoms with van der Waals surface area (Å²) >= 11 is 0. The predicted octanol–water partition coefficient (Wildman–Crippen LogP) is 0.999. The number of nitrogens with zero attached hydrogens (tertiary/aromatic N) is 2. The Labute approximate surface area is 164 Å². The number of urea groups is 1. The molecule has 2 aliphatic heterocycles. The number of carbonyl (C=O) groups excluding carboxylic acids is 3. The number of hydrogen-bond acceptors (Lipinski definition) is 4. The van der Waals surface area contributed by atoms with Gasteiger partial charge in [0, 0.05) is 13.1 Å². The summed E-state index contributed by atoms with van der Waals surface area (Å²) in [6.45, 7) is 3.54. The Morgan fingerprint density at radius 2 is 2.00 bits per heavy atom. The van der Waals surface area contributed by atoms with Crippen molar-refractivity contribution < 1.29 is 14.4 Å². The van der Waals surface area contributed by atoms with E-state index in [1.54, 1.807) is 4.90 Å². The van der Waals surface area contributed by atoms with Crippen LogP contribution in [0.4, 0.5) is 4.79 Å². The third-order valence-corrected chi connectivity index (χ3v) is 6.12. The number of rotatable bonds is 3. The highest BCUT2D eigenvalue weighted by molar-refractivity contribution is 6.09. The first-order chi connectivity index (χ1) is 12.4. The number of fused-ring (bicyclic) bond motifs is 2. The average molecular weight is 393 g/mol. The molecule has 4 rings (SSSR count). The molecule has 2 heterocycles. The highest BCUT2D eigenvalue weighted by Gasteiger charge is 2.55. The van der Waals surface area contributed by atoms with Crippen molar-refractivity contribution in [1.29, 1.82) is 0 Å². The van der Waals surface area contributed by atoms with E-state index in [0.29, 0.717) is 26.1 Å². The predicted molar refractivity (Wildman–Crippen MR) is 102 cm³/mol. The zero-order valence-electron chi connectivity index (χ0n) is 15.4. The summed E-state index contributed by atoms with van der Waals surface area (Å²) in [6, 6.07) is 7.19. The molecule has 0 radical (unpaired) electrons. The van der Waals surface area contributed by atoms with Crippen LogP contribution in [0.5, 0.6) is 0 Å². The van der Waals surface area contributed by atoms with Crippen LogP contribution in [-0.4, -0.2) is 53.8 Å².